The zero-order chi connectivity index (χ0) is 9.68. The lowest BCUT2D eigenvalue weighted by atomic mass is 10.1. The van der Waals surface area contributed by atoms with E-state index < -0.39 is 0 Å². The fourth-order valence-electron chi connectivity index (χ4n) is 0.978. The van der Waals surface area contributed by atoms with E-state index in [-0.39, 0.29) is 18.1 Å². The first kappa shape index (κ1) is 9.45. The van der Waals surface area contributed by atoms with Crippen molar-refractivity contribution in [2.45, 2.75) is 13.3 Å². The lowest BCUT2D eigenvalue weighted by Gasteiger charge is -1.96. The van der Waals surface area contributed by atoms with Crippen molar-refractivity contribution in [3.05, 3.63) is 29.8 Å². The van der Waals surface area contributed by atoms with Crippen molar-refractivity contribution in [2.75, 3.05) is 0 Å². The van der Waals surface area contributed by atoms with Gasteiger partial charge in [-0.2, -0.15) is 0 Å². The van der Waals surface area contributed by atoms with Gasteiger partial charge in [-0.1, -0.05) is 12.1 Å². The minimum Gasteiger partial charge on any atom is -0.508 e. The van der Waals surface area contributed by atoms with E-state index in [2.05, 4.69) is 4.99 Å². The summed E-state index contributed by atoms with van der Waals surface area (Å²) in [5.74, 6) is 0.0309. The number of rotatable bonds is 2. The molecule has 0 heterocycles. The number of carbonyl (C=O) groups is 1. The number of hydrogen-bond acceptors (Lipinski definition) is 2. The molecule has 0 radical (unpaired) electrons. The molecule has 0 unspecified atom stereocenters. The Morgan fingerprint density at radius 3 is 2.62 bits per heavy atom. The van der Waals surface area contributed by atoms with Gasteiger partial charge in [0.15, 0.2) is 0 Å². The van der Waals surface area contributed by atoms with E-state index in [9.17, 15) is 4.79 Å². The van der Waals surface area contributed by atoms with Gasteiger partial charge in [-0.05, 0) is 24.6 Å². The molecule has 0 fully saturated rings. The van der Waals surface area contributed by atoms with Crippen LogP contribution in [0.2, 0.25) is 0 Å². The predicted molar refractivity (Wildman–Crippen MR) is 51.0 cm³/mol. The molecule has 0 aliphatic carbocycles. The van der Waals surface area contributed by atoms with Gasteiger partial charge in [0.1, 0.15) is 5.75 Å². The first-order chi connectivity index (χ1) is 6.22. The van der Waals surface area contributed by atoms with Crippen molar-refractivity contribution in [1.82, 2.24) is 0 Å². The van der Waals surface area contributed by atoms with Gasteiger partial charge >= 0.3 is 0 Å². The molecule has 3 heteroatoms. The third-order valence-electron chi connectivity index (χ3n) is 1.56. The van der Waals surface area contributed by atoms with E-state index >= 15 is 0 Å². The van der Waals surface area contributed by atoms with E-state index in [1.165, 1.54) is 6.21 Å². The van der Waals surface area contributed by atoms with Crippen LogP contribution in [0.15, 0.2) is 29.3 Å². The van der Waals surface area contributed by atoms with Crippen molar-refractivity contribution in [2.24, 2.45) is 4.99 Å². The van der Waals surface area contributed by atoms with Crippen LogP contribution in [-0.2, 0) is 11.2 Å². The summed E-state index contributed by atoms with van der Waals surface area (Å²) in [5.41, 5.74) is 0.855. The Morgan fingerprint density at radius 1 is 1.46 bits per heavy atom. The summed E-state index contributed by atoms with van der Waals surface area (Å²) in [6.45, 7) is 1.70. The quantitative estimate of drug-likeness (QED) is 0.697. The normalized spacial score (nSPS) is 10.5. The molecule has 0 bridgehead atoms. The predicted octanol–water partition coefficient (Wildman–Crippen LogP) is 1.55. The second-order valence-electron chi connectivity index (χ2n) is 2.62. The Bertz CT molecular complexity index is 314. The Kier molecular flexibility index (Phi) is 3.20. The van der Waals surface area contributed by atoms with Gasteiger partial charge in [0.2, 0.25) is 5.91 Å². The fraction of sp³-hybridized carbons (Fsp3) is 0.200. The van der Waals surface area contributed by atoms with E-state index in [4.69, 9.17) is 5.11 Å². The highest BCUT2D eigenvalue weighted by atomic mass is 16.3. The summed E-state index contributed by atoms with van der Waals surface area (Å²) < 4.78 is 0. The highest BCUT2D eigenvalue weighted by Crippen LogP contribution is 2.10. The van der Waals surface area contributed by atoms with Crippen molar-refractivity contribution >= 4 is 12.1 Å². The average molecular weight is 177 g/mol. The summed E-state index contributed by atoms with van der Waals surface area (Å²) in [5, 5.41) is 8.98. The van der Waals surface area contributed by atoms with E-state index in [0.29, 0.717) is 0 Å². The van der Waals surface area contributed by atoms with E-state index in [1.807, 2.05) is 0 Å². The van der Waals surface area contributed by atoms with Crippen molar-refractivity contribution in [3.8, 4) is 5.75 Å². The van der Waals surface area contributed by atoms with Crippen LogP contribution in [-0.4, -0.2) is 17.2 Å². The van der Waals surface area contributed by atoms with Crippen molar-refractivity contribution in [1.29, 1.82) is 0 Å². The molecule has 3 nitrogen and oxygen atoms in total. The van der Waals surface area contributed by atoms with Gasteiger partial charge in [-0.15, -0.1) is 0 Å². The van der Waals surface area contributed by atoms with Gasteiger partial charge in [-0.25, -0.2) is 4.99 Å². The van der Waals surface area contributed by atoms with Crippen LogP contribution in [0.5, 0.6) is 5.75 Å². The minimum absolute atomic E-state index is 0.173. The summed E-state index contributed by atoms with van der Waals surface area (Å²) in [6, 6.07) is 6.52. The number of aliphatic imine (C=N–C) groups is 1. The molecule has 68 valence electrons. The molecule has 1 aromatic carbocycles. The Hall–Kier alpha value is -1.64. The number of phenolic OH excluding ortho intramolecular Hbond substituents is 1. The molecular weight excluding hydrogens is 166 g/mol. The third-order valence-corrected chi connectivity index (χ3v) is 1.56. The van der Waals surface area contributed by atoms with Gasteiger partial charge in [-0.3, -0.25) is 4.79 Å². The zero-order valence-corrected chi connectivity index (χ0v) is 7.40. The molecule has 13 heavy (non-hydrogen) atoms. The second-order valence-corrected chi connectivity index (χ2v) is 2.62. The molecule has 0 aromatic heterocycles. The molecule has 1 rings (SSSR count). The standard InChI is InChI=1S/C10H11NO2/c1-2-11-10(13)7-8-3-5-9(12)6-4-8/h2-6,12H,7H2,1H3. The first-order valence-corrected chi connectivity index (χ1v) is 4.02. The van der Waals surface area contributed by atoms with E-state index in [0.717, 1.165) is 5.56 Å². The Morgan fingerprint density at radius 2 is 2.08 bits per heavy atom. The number of aromatic hydroxyl groups is 1. The fourth-order valence-corrected chi connectivity index (χ4v) is 0.978. The molecule has 0 aliphatic heterocycles. The van der Waals surface area contributed by atoms with Gasteiger partial charge in [0.05, 0.1) is 6.42 Å². The molecule has 1 amide bonds. The molecule has 0 aliphatic rings. The number of amides is 1. The molecule has 0 saturated carbocycles. The van der Waals surface area contributed by atoms with Crippen LogP contribution in [0.3, 0.4) is 0 Å². The zero-order valence-electron chi connectivity index (χ0n) is 7.40. The molecule has 1 N–H and O–H groups in total. The first-order valence-electron chi connectivity index (χ1n) is 4.02. The summed E-state index contributed by atoms with van der Waals surface area (Å²) in [7, 11) is 0. The van der Waals surface area contributed by atoms with Crippen LogP contribution < -0.4 is 0 Å². The van der Waals surface area contributed by atoms with Crippen LogP contribution in [0.25, 0.3) is 0 Å². The number of hydrogen-bond donors (Lipinski definition) is 1. The summed E-state index contributed by atoms with van der Waals surface area (Å²) in [6.07, 6.45) is 1.76. The number of benzene rings is 1. The highest BCUT2D eigenvalue weighted by Gasteiger charge is 1.99. The number of nitrogens with zero attached hydrogens (tertiary/aromatic N) is 1. The molecule has 1 aromatic rings. The lowest BCUT2D eigenvalue weighted by molar-refractivity contribution is -0.117. The van der Waals surface area contributed by atoms with Gasteiger partial charge in [0, 0.05) is 6.21 Å². The van der Waals surface area contributed by atoms with E-state index in [1.54, 1.807) is 31.2 Å². The summed E-state index contributed by atoms with van der Waals surface area (Å²) >= 11 is 0. The smallest absolute Gasteiger partial charge is 0.249 e. The second kappa shape index (κ2) is 4.40. The lowest BCUT2D eigenvalue weighted by Crippen LogP contribution is -1.98. The Labute approximate surface area is 76.7 Å². The topological polar surface area (TPSA) is 49.7 Å². The van der Waals surface area contributed by atoms with Crippen LogP contribution in [0, 0.1) is 0 Å². The third kappa shape index (κ3) is 3.07. The Balaban J connectivity index is 2.64. The summed E-state index contributed by atoms with van der Waals surface area (Å²) in [4.78, 5) is 14.7. The SMILES string of the molecule is CC=NC(=O)Cc1ccc(O)cc1. The average Bonchev–Trinajstić information content (AvgIpc) is 2.09. The molecule has 0 spiro atoms. The minimum atomic E-state index is -0.173. The van der Waals surface area contributed by atoms with Crippen LogP contribution >= 0.6 is 0 Å². The van der Waals surface area contributed by atoms with Gasteiger partial charge < -0.3 is 5.11 Å². The van der Waals surface area contributed by atoms with Gasteiger partial charge in [0.25, 0.3) is 0 Å². The largest absolute Gasteiger partial charge is 0.508 e. The number of carbonyl (C=O) groups excluding carboxylic acids is 1. The monoisotopic (exact) mass is 177 g/mol. The maximum Gasteiger partial charge on any atom is 0.249 e. The molecular formula is C10H11NO2. The number of phenols is 1. The maximum absolute atomic E-state index is 11.0. The molecule has 0 saturated heterocycles. The molecule has 0 atom stereocenters. The van der Waals surface area contributed by atoms with Crippen molar-refractivity contribution in [3.63, 3.8) is 0 Å². The van der Waals surface area contributed by atoms with Crippen LogP contribution in [0.4, 0.5) is 0 Å². The maximum atomic E-state index is 11.0. The van der Waals surface area contributed by atoms with Crippen molar-refractivity contribution < 1.29 is 9.90 Å². The highest BCUT2D eigenvalue weighted by molar-refractivity contribution is 5.85. The van der Waals surface area contributed by atoms with Crippen LogP contribution in [0.1, 0.15) is 12.5 Å².